The highest BCUT2D eigenvalue weighted by Gasteiger charge is 2.30. The Hall–Kier alpha value is -3.47. The third kappa shape index (κ3) is 5.78. The first-order chi connectivity index (χ1) is 12.7. The van der Waals surface area contributed by atoms with Crippen molar-refractivity contribution in [3.05, 3.63) is 59.7 Å². The maximum atomic E-state index is 12.5. The van der Waals surface area contributed by atoms with Crippen LogP contribution in [0.4, 0.5) is 29.3 Å². The summed E-state index contributed by atoms with van der Waals surface area (Å²) in [6.45, 7) is -0.257. The number of nitrogens with zero attached hydrogens (tertiary/aromatic N) is 1. The van der Waals surface area contributed by atoms with Crippen molar-refractivity contribution >= 4 is 23.3 Å². The van der Waals surface area contributed by atoms with Crippen LogP contribution in [-0.2, 0) is 11.0 Å². The minimum absolute atomic E-state index is 0.182. The first-order valence-electron chi connectivity index (χ1n) is 7.75. The third-order valence-corrected chi connectivity index (χ3v) is 3.50. The number of likely N-dealkylation sites (N-methyl/N-ethyl adjacent to an activating group) is 1. The molecule has 0 unspecified atom stereocenters. The Morgan fingerprint density at radius 3 is 2.33 bits per heavy atom. The number of halogens is 3. The number of carbonyl (C=O) groups excluding carboxylic acids is 2. The van der Waals surface area contributed by atoms with Gasteiger partial charge in [-0.25, -0.2) is 4.79 Å². The molecular weight excluding hydrogens is 359 g/mol. The van der Waals surface area contributed by atoms with E-state index in [4.69, 9.17) is 6.42 Å². The molecule has 0 saturated heterocycles. The SMILES string of the molecule is C#Cc1cccc(NC(=O)CN(C)C(=O)Nc2ccc(C(F)(F)F)cc2)c1. The summed E-state index contributed by atoms with van der Waals surface area (Å²) in [5, 5.41) is 5.03. The highest BCUT2D eigenvalue weighted by atomic mass is 19.4. The minimum Gasteiger partial charge on any atom is -0.325 e. The van der Waals surface area contributed by atoms with Gasteiger partial charge in [-0.3, -0.25) is 4.79 Å². The molecule has 140 valence electrons. The first-order valence-corrected chi connectivity index (χ1v) is 7.75. The Balaban J connectivity index is 1.91. The Kier molecular flexibility index (Phi) is 6.08. The van der Waals surface area contributed by atoms with E-state index in [1.165, 1.54) is 7.05 Å². The molecule has 27 heavy (non-hydrogen) atoms. The summed E-state index contributed by atoms with van der Waals surface area (Å²) in [6.07, 6.45) is 0.840. The summed E-state index contributed by atoms with van der Waals surface area (Å²) in [6, 6.07) is 10.0. The number of alkyl halides is 3. The van der Waals surface area contributed by atoms with Crippen molar-refractivity contribution < 1.29 is 22.8 Å². The molecular formula is C19H16F3N3O2. The number of rotatable bonds is 4. The van der Waals surface area contributed by atoms with Crippen LogP contribution >= 0.6 is 0 Å². The van der Waals surface area contributed by atoms with Crippen LogP contribution < -0.4 is 10.6 Å². The summed E-state index contributed by atoms with van der Waals surface area (Å²) in [5.41, 5.74) is 0.456. The summed E-state index contributed by atoms with van der Waals surface area (Å²) < 4.78 is 37.6. The van der Waals surface area contributed by atoms with Crippen molar-refractivity contribution in [2.75, 3.05) is 24.2 Å². The molecule has 0 fully saturated rings. The smallest absolute Gasteiger partial charge is 0.325 e. The lowest BCUT2D eigenvalue weighted by atomic mass is 10.2. The van der Waals surface area contributed by atoms with Crippen LogP contribution in [0.15, 0.2) is 48.5 Å². The molecule has 5 nitrogen and oxygen atoms in total. The predicted octanol–water partition coefficient (Wildman–Crippen LogP) is 3.79. The van der Waals surface area contributed by atoms with Crippen molar-refractivity contribution in [2.24, 2.45) is 0 Å². The van der Waals surface area contributed by atoms with Gasteiger partial charge in [-0.15, -0.1) is 6.42 Å². The monoisotopic (exact) mass is 375 g/mol. The maximum absolute atomic E-state index is 12.5. The van der Waals surface area contributed by atoms with Crippen LogP contribution in [0.2, 0.25) is 0 Å². The summed E-state index contributed by atoms with van der Waals surface area (Å²) in [7, 11) is 1.39. The zero-order valence-electron chi connectivity index (χ0n) is 14.3. The number of urea groups is 1. The minimum atomic E-state index is -4.45. The molecule has 0 aromatic heterocycles. The molecule has 0 aliphatic heterocycles. The van der Waals surface area contributed by atoms with Gasteiger partial charge in [0.15, 0.2) is 0 Å². The van der Waals surface area contributed by atoms with Crippen LogP contribution in [0, 0.1) is 12.3 Å². The maximum Gasteiger partial charge on any atom is 0.416 e. The fourth-order valence-corrected chi connectivity index (χ4v) is 2.14. The van der Waals surface area contributed by atoms with Crippen LogP contribution in [0.25, 0.3) is 0 Å². The molecule has 0 heterocycles. The standard InChI is InChI=1S/C19H16F3N3O2/c1-3-13-5-4-6-16(11-13)23-17(26)12-25(2)18(27)24-15-9-7-14(8-10-15)19(20,21)22/h1,4-11H,12H2,2H3,(H,23,26)(H,24,27). The van der Waals surface area contributed by atoms with Gasteiger partial charge in [-0.2, -0.15) is 13.2 Å². The molecule has 2 N–H and O–H groups in total. The largest absolute Gasteiger partial charge is 0.416 e. The van der Waals surface area contributed by atoms with Gasteiger partial charge in [-0.1, -0.05) is 12.0 Å². The van der Waals surface area contributed by atoms with E-state index in [-0.39, 0.29) is 12.2 Å². The average Bonchev–Trinajstić information content (AvgIpc) is 2.61. The predicted molar refractivity (Wildman–Crippen MR) is 96.1 cm³/mol. The van der Waals surface area contributed by atoms with Crippen LogP contribution in [0.1, 0.15) is 11.1 Å². The molecule has 0 aliphatic rings. The molecule has 8 heteroatoms. The van der Waals surface area contributed by atoms with Gasteiger partial charge in [-0.05, 0) is 42.5 Å². The van der Waals surface area contributed by atoms with E-state index < -0.39 is 23.7 Å². The molecule has 0 aliphatic carbocycles. The van der Waals surface area contributed by atoms with Crippen LogP contribution in [0.3, 0.4) is 0 Å². The first kappa shape index (κ1) is 19.8. The topological polar surface area (TPSA) is 61.4 Å². The van der Waals surface area contributed by atoms with Crippen molar-refractivity contribution in [1.29, 1.82) is 0 Å². The highest BCUT2D eigenvalue weighted by Crippen LogP contribution is 2.29. The van der Waals surface area contributed by atoms with E-state index in [0.717, 1.165) is 29.2 Å². The molecule has 3 amide bonds. The number of carbonyl (C=O) groups is 2. The van der Waals surface area contributed by atoms with Crippen molar-refractivity contribution in [1.82, 2.24) is 4.90 Å². The van der Waals surface area contributed by atoms with Crippen molar-refractivity contribution in [2.45, 2.75) is 6.18 Å². The Bertz CT molecular complexity index is 871. The number of nitrogens with one attached hydrogen (secondary N) is 2. The number of hydrogen-bond acceptors (Lipinski definition) is 2. The number of amides is 3. The number of hydrogen-bond donors (Lipinski definition) is 2. The van der Waals surface area contributed by atoms with Crippen molar-refractivity contribution in [3.63, 3.8) is 0 Å². The lowest BCUT2D eigenvalue weighted by Crippen LogP contribution is -2.37. The molecule has 0 bridgehead atoms. The van der Waals surface area contributed by atoms with E-state index >= 15 is 0 Å². The Morgan fingerprint density at radius 1 is 1.07 bits per heavy atom. The van der Waals surface area contributed by atoms with Gasteiger partial charge in [0, 0.05) is 24.0 Å². The lowest BCUT2D eigenvalue weighted by molar-refractivity contribution is -0.137. The van der Waals surface area contributed by atoms with E-state index in [9.17, 15) is 22.8 Å². The van der Waals surface area contributed by atoms with Gasteiger partial charge in [0.25, 0.3) is 0 Å². The van der Waals surface area contributed by atoms with Crippen LogP contribution in [-0.4, -0.2) is 30.4 Å². The van der Waals surface area contributed by atoms with Gasteiger partial charge >= 0.3 is 12.2 Å². The zero-order valence-corrected chi connectivity index (χ0v) is 14.3. The van der Waals surface area contributed by atoms with Gasteiger partial charge in [0.05, 0.1) is 5.56 Å². The van der Waals surface area contributed by atoms with Gasteiger partial charge < -0.3 is 15.5 Å². The van der Waals surface area contributed by atoms with Gasteiger partial charge in [0.2, 0.25) is 5.91 Å². The quantitative estimate of drug-likeness (QED) is 0.799. The second kappa shape index (κ2) is 8.27. The molecule has 2 aromatic carbocycles. The average molecular weight is 375 g/mol. The fourth-order valence-electron chi connectivity index (χ4n) is 2.14. The Morgan fingerprint density at radius 2 is 1.74 bits per heavy atom. The molecule has 0 atom stereocenters. The highest BCUT2D eigenvalue weighted by molar-refractivity contribution is 5.96. The molecule has 0 radical (unpaired) electrons. The molecule has 0 saturated carbocycles. The van der Waals surface area contributed by atoms with E-state index in [1.54, 1.807) is 24.3 Å². The fraction of sp³-hybridized carbons (Fsp3) is 0.158. The number of terminal acetylenes is 1. The summed E-state index contributed by atoms with van der Waals surface area (Å²) in [4.78, 5) is 25.2. The Labute approximate surface area is 154 Å². The lowest BCUT2D eigenvalue weighted by Gasteiger charge is -2.18. The van der Waals surface area contributed by atoms with Crippen molar-refractivity contribution in [3.8, 4) is 12.3 Å². The zero-order chi connectivity index (χ0) is 20.0. The third-order valence-electron chi connectivity index (χ3n) is 3.50. The second-order valence-corrected chi connectivity index (χ2v) is 5.63. The van der Waals surface area contributed by atoms with E-state index in [0.29, 0.717) is 11.3 Å². The molecule has 2 rings (SSSR count). The molecule has 2 aromatic rings. The van der Waals surface area contributed by atoms with E-state index in [1.807, 2.05) is 0 Å². The number of benzene rings is 2. The summed E-state index contributed by atoms with van der Waals surface area (Å²) >= 11 is 0. The number of anilines is 2. The van der Waals surface area contributed by atoms with E-state index in [2.05, 4.69) is 16.6 Å². The van der Waals surface area contributed by atoms with Gasteiger partial charge in [0.1, 0.15) is 6.54 Å². The normalized spacial score (nSPS) is 10.6. The molecule has 0 spiro atoms. The second-order valence-electron chi connectivity index (χ2n) is 5.63. The van der Waals surface area contributed by atoms with Crippen LogP contribution in [0.5, 0.6) is 0 Å². The summed E-state index contributed by atoms with van der Waals surface area (Å²) in [5.74, 6) is 1.99.